The molecule has 116 valence electrons. The standard InChI is InChI=1S/C19H29NO/c21-15-19(20-17-11-3-1-2-4-12-17)14-8-7-10-16-9-5-6-13-18(16)19/h5-6,9,13,17,20-21H,1-4,7-8,10-12,14-15H2. The van der Waals surface area contributed by atoms with Gasteiger partial charge in [0.2, 0.25) is 0 Å². The van der Waals surface area contributed by atoms with Gasteiger partial charge in [-0.05, 0) is 43.2 Å². The molecule has 0 aliphatic heterocycles. The van der Waals surface area contributed by atoms with Crippen molar-refractivity contribution in [1.29, 1.82) is 0 Å². The number of hydrogen-bond donors (Lipinski definition) is 2. The predicted octanol–water partition coefficient (Wildman–Crippen LogP) is 3.91. The topological polar surface area (TPSA) is 32.3 Å². The summed E-state index contributed by atoms with van der Waals surface area (Å²) in [6, 6.07) is 9.33. The fraction of sp³-hybridized carbons (Fsp3) is 0.684. The van der Waals surface area contributed by atoms with E-state index in [0.29, 0.717) is 6.04 Å². The zero-order chi connectivity index (χ0) is 14.5. The maximum atomic E-state index is 10.3. The first kappa shape index (κ1) is 15.1. The van der Waals surface area contributed by atoms with Crippen LogP contribution in [0, 0.1) is 0 Å². The minimum atomic E-state index is -0.206. The number of fused-ring (bicyclic) bond motifs is 1. The van der Waals surface area contributed by atoms with Crippen LogP contribution in [0.15, 0.2) is 24.3 Å². The molecule has 0 heterocycles. The van der Waals surface area contributed by atoms with Gasteiger partial charge >= 0.3 is 0 Å². The predicted molar refractivity (Wildman–Crippen MR) is 87.4 cm³/mol. The van der Waals surface area contributed by atoms with E-state index in [9.17, 15) is 5.11 Å². The molecule has 2 nitrogen and oxygen atoms in total. The number of hydrogen-bond acceptors (Lipinski definition) is 2. The van der Waals surface area contributed by atoms with Crippen LogP contribution in [0.1, 0.15) is 68.9 Å². The summed E-state index contributed by atoms with van der Waals surface area (Å²) in [4.78, 5) is 0. The summed E-state index contributed by atoms with van der Waals surface area (Å²) < 4.78 is 0. The van der Waals surface area contributed by atoms with Crippen LogP contribution in [0.25, 0.3) is 0 Å². The molecule has 21 heavy (non-hydrogen) atoms. The van der Waals surface area contributed by atoms with Gasteiger partial charge in [0.15, 0.2) is 0 Å². The molecule has 2 aliphatic carbocycles. The van der Waals surface area contributed by atoms with Crippen molar-refractivity contribution in [2.45, 2.75) is 75.8 Å². The molecule has 0 aromatic heterocycles. The van der Waals surface area contributed by atoms with Gasteiger partial charge in [-0.15, -0.1) is 0 Å². The lowest BCUT2D eigenvalue weighted by Gasteiger charge is -2.38. The van der Waals surface area contributed by atoms with Gasteiger partial charge in [-0.2, -0.15) is 0 Å². The molecule has 1 unspecified atom stereocenters. The SMILES string of the molecule is OCC1(NC2CCCCCC2)CCCCc2ccccc21. The lowest BCUT2D eigenvalue weighted by atomic mass is 9.83. The van der Waals surface area contributed by atoms with E-state index in [1.807, 2.05) is 0 Å². The van der Waals surface area contributed by atoms with E-state index < -0.39 is 0 Å². The lowest BCUT2D eigenvalue weighted by molar-refractivity contribution is 0.132. The number of rotatable bonds is 3. The number of aryl methyl sites for hydroxylation is 1. The van der Waals surface area contributed by atoms with Gasteiger partial charge in [0.05, 0.1) is 12.1 Å². The third-order valence-electron chi connectivity index (χ3n) is 5.44. The van der Waals surface area contributed by atoms with Crippen LogP contribution in [-0.4, -0.2) is 17.8 Å². The molecule has 1 aromatic rings. The van der Waals surface area contributed by atoms with Crippen molar-refractivity contribution in [1.82, 2.24) is 5.32 Å². The van der Waals surface area contributed by atoms with E-state index in [2.05, 4.69) is 29.6 Å². The van der Waals surface area contributed by atoms with E-state index in [1.54, 1.807) is 0 Å². The Labute approximate surface area is 129 Å². The summed E-state index contributed by atoms with van der Waals surface area (Å²) in [6.45, 7) is 0.223. The Balaban J connectivity index is 1.87. The van der Waals surface area contributed by atoms with Crippen molar-refractivity contribution in [2.75, 3.05) is 6.61 Å². The van der Waals surface area contributed by atoms with Gasteiger partial charge in [-0.1, -0.05) is 56.4 Å². The quantitative estimate of drug-likeness (QED) is 0.652. The third kappa shape index (κ3) is 3.32. The third-order valence-corrected chi connectivity index (χ3v) is 5.44. The molecule has 0 bridgehead atoms. The summed E-state index contributed by atoms with van der Waals surface area (Å²) in [7, 11) is 0. The lowest BCUT2D eigenvalue weighted by Crippen LogP contribution is -2.50. The molecule has 1 saturated carbocycles. The van der Waals surface area contributed by atoms with E-state index in [0.717, 1.165) is 12.8 Å². The average Bonchev–Trinajstić information content (AvgIpc) is 2.88. The molecular weight excluding hydrogens is 258 g/mol. The van der Waals surface area contributed by atoms with Crippen LogP contribution >= 0.6 is 0 Å². The van der Waals surface area contributed by atoms with E-state index in [4.69, 9.17) is 0 Å². The minimum absolute atomic E-state index is 0.206. The zero-order valence-electron chi connectivity index (χ0n) is 13.1. The maximum absolute atomic E-state index is 10.3. The molecular formula is C19H29NO. The average molecular weight is 287 g/mol. The summed E-state index contributed by atoms with van der Waals surface area (Å²) in [5.41, 5.74) is 2.58. The molecule has 1 aromatic carbocycles. The van der Waals surface area contributed by atoms with Crippen molar-refractivity contribution < 1.29 is 5.11 Å². The summed E-state index contributed by atoms with van der Waals surface area (Å²) in [5.74, 6) is 0. The second-order valence-corrected chi connectivity index (χ2v) is 6.94. The normalized spacial score (nSPS) is 27.7. The number of aliphatic hydroxyl groups excluding tert-OH is 1. The van der Waals surface area contributed by atoms with Crippen molar-refractivity contribution in [3.8, 4) is 0 Å². The molecule has 0 amide bonds. The highest BCUT2D eigenvalue weighted by molar-refractivity contribution is 5.35. The molecule has 2 heteroatoms. The Morgan fingerprint density at radius 1 is 1.00 bits per heavy atom. The van der Waals surface area contributed by atoms with E-state index >= 15 is 0 Å². The van der Waals surface area contributed by atoms with Crippen LogP contribution in [0.4, 0.5) is 0 Å². The Hall–Kier alpha value is -0.860. The Morgan fingerprint density at radius 3 is 2.52 bits per heavy atom. The van der Waals surface area contributed by atoms with Gasteiger partial charge in [-0.25, -0.2) is 0 Å². The highest BCUT2D eigenvalue weighted by Crippen LogP contribution is 2.35. The van der Waals surface area contributed by atoms with Crippen molar-refractivity contribution >= 4 is 0 Å². The van der Waals surface area contributed by atoms with E-state index in [-0.39, 0.29) is 12.1 Å². The van der Waals surface area contributed by atoms with Gasteiger partial charge < -0.3 is 10.4 Å². The fourth-order valence-corrected chi connectivity index (χ4v) is 4.26. The smallest absolute Gasteiger partial charge is 0.0673 e. The molecule has 1 fully saturated rings. The molecule has 0 radical (unpaired) electrons. The first-order valence-corrected chi connectivity index (χ1v) is 8.81. The second-order valence-electron chi connectivity index (χ2n) is 6.94. The zero-order valence-corrected chi connectivity index (χ0v) is 13.1. The minimum Gasteiger partial charge on any atom is -0.394 e. The van der Waals surface area contributed by atoms with Gasteiger partial charge in [-0.3, -0.25) is 0 Å². The summed E-state index contributed by atoms with van der Waals surface area (Å²) >= 11 is 0. The first-order valence-electron chi connectivity index (χ1n) is 8.81. The highest BCUT2D eigenvalue weighted by atomic mass is 16.3. The number of aliphatic hydroxyl groups is 1. The van der Waals surface area contributed by atoms with Gasteiger partial charge in [0, 0.05) is 6.04 Å². The van der Waals surface area contributed by atoms with Gasteiger partial charge in [0.1, 0.15) is 0 Å². The van der Waals surface area contributed by atoms with Crippen molar-refractivity contribution in [3.63, 3.8) is 0 Å². The van der Waals surface area contributed by atoms with Gasteiger partial charge in [0.25, 0.3) is 0 Å². The summed E-state index contributed by atoms with van der Waals surface area (Å²) in [5, 5.41) is 14.2. The molecule has 0 saturated heterocycles. The molecule has 0 spiro atoms. The molecule has 3 rings (SSSR count). The van der Waals surface area contributed by atoms with Crippen LogP contribution < -0.4 is 5.32 Å². The monoisotopic (exact) mass is 287 g/mol. The Morgan fingerprint density at radius 2 is 1.76 bits per heavy atom. The van der Waals surface area contributed by atoms with Crippen molar-refractivity contribution in [2.24, 2.45) is 0 Å². The number of benzene rings is 1. The molecule has 1 atom stereocenters. The Kier molecular flexibility index (Phi) is 4.97. The van der Waals surface area contributed by atoms with Crippen LogP contribution in [-0.2, 0) is 12.0 Å². The van der Waals surface area contributed by atoms with E-state index in [1.165, 1.54) is 62.5 Å². The fourth-order valence-electron chi connectivity index (χ4n) is 4.26. The highest BCUT2D eigenvalue weighted by Gasteiger charge is 2.36. The van der Waals surface area contributed by atoms with Crippen LogP contribution in [0.3, 0.4) is 0 Å². The Bertz CT molecular complexity index is 451. The van der Waals surface area contributed by atoms with Crippen LogP contribution in [0.2, 0.25) is 0 Å². The van der Waals surface area contributed by atoms with Crippen molar-refractivity contribution in [3.05, 3.63) is 35.4 Å². The van der Waals surface area contributed by atoms with Crippen LogP contribution in [0.5, 0.6) is 0 Å². The molecule has 2 N–H and O–H groups in total. The second kappa shape index (κ2) is 6.93. The summed E-state index contributed by atoms with van der Waals surface area (Å²) in [6.07, 6.45) is 12.6. The first-order chi connectivity index (χ1) is 10.3. The largest absolute Gasteiger partial charge is 0.394 e. The number of nitrogens with one attached hydrogen (secondary N) is 1. The molecule has 2 aliphatic rings. The maximum Gasteiger partial charge on any atom is 0.0673 e.